The zero-order valence-corrected chi connectivity index (χ0v) is 9.57. The highest BCUT2D eigenvalue weighted by Gasteiger charge is 1.97. The summed E-state index contributed by atoms with van der Waals surface area (Å²) in [4.78, 5) is 8.32. The third kappa shape index (κ3) is 2.57. The van der Waals surface area contributed by atoms with E-state index in [0.29, 0.717) is 0 Å². The number of hydrogen-bond donors (Lipinski definition) is 1. The molecule has 0 aromatic carbocycles. The zero-order chi connectivity index (χ0) is 11.4. The van der Waals surface area contributed by atoms with E-state index in [1.54, 1.807) is 6.20 Å². The molecule has 0 fully saturated rings. The minimum atomic E-state index is 0.790. The van der Waals surface area contributed by atoms with E-state index in [1.807, 2.05) is 38.4 Å². The summed E-state index contributed by atoms with van der Waals surface area (Å²) in [6, 6.07) is 6.10. The summed E-state index contributed by atoms with van der Waals surface area (Å²) in [5.41, 5.74) is 4.50. The van der Waals surface area contributed by atoms with Gasteiger partial charge in [-0.1, -0.05) is 6.07 Å². The Balaban J connectivity index is 2.02. The summed E-state index contributed by atoms with van der Waals surface area (Å²) >= 11 is 0. The van der Waals surface area contributed by atoms with Gasteiger partial charge in [-0.05, 0) is 37.1 Å². The molecule has 0 unspecified atom stereocenters. The topological polar surface area (TPSA) is 37.8 Å². The van der Waals surface area contributed by atoms with Crippen molar-refractivity contribution in [2.24, 2.45) is 0 Å². The second-order valence-corrected chi connectivity index (χ2v) is 3.85. The number of anilines is 1. The summed E-state index contributed by atoms with van der Waals surface area (Å²) in [6.45, 7) is 4.82. The highest BCUT2D eigenvalue weighted by atomic mass is 14.9. The summed E-state index contributed by atoms with van der Waals surface area (Å²) in [6.07, 6.45) is 5.55. The Morgan fingerprint density at radius 3 is 2.69 bits per heavy atom. The first-order valence-electron chi connectivity index (χ1n) is 5.32. The fourth-order valence-corrected chi connectivity index (χ4v) is 1.47. The van der Waals surface area contributed by atoms with Crippen LogP contribution >= 0.6 is 0 Å². The number of rotatable bonds is 3. The van der Waals surface area contributed by atoms with E-state index in [1.165, 1.54) is 5.56 Å². The minimum Gasteiger partial charge on any atom is -0.381 e. The van der Waals surface area contributed by atoms with Crippen LogP contribution in [-0.2, 0) is 6.54 Å². The first-order valence-corrected chi connectivity index (χ1v) is 5.32. The Morgan fingerprint density at radius 2 is 2.00 bits per heavy atom. The van der Waals surface area contributed by atoms with Gasteiger partial charge < -0.3 is 5.32 Å². The molecule has 16 heavy (non-hydrogen) atoms. The van der Waals surface area contributed by atoms with Crippen LogP contribution in [0.25, 0.3) is 0 Å². The molecule has 82 valence electrons. The van der Waals surface area contributed by atoms with Crippen LogP contribution in [0, 0.1) is 13.8 Å². The number of aryl methyl sites for hydroxylation is 2. The van der Waals surface area contributed by atoms with E-state index in [-0.39, 0.29) is 0 Å². The number of nitrogens with zero attached hydrogens (tertiary/aromatic N) is 2. The zero-order valence-electron chi connectivity index (χ0n) is 9.57. The van der Waals surface area contributed by atoms with Crippen LogP contribution in [0.4, 0.5) is 5.69 Å². The van der Waals surface area contributed by atoms with Crippen molar-refractivity contribution < 1.29 is 0 Å². The van der Waals surface area contributed by atoms with E-state index in [2.05, 4.69) is 21.4 Å². The molecule has 2 rings (SSSR count). The lowest BCUT2D eigenvalue weighted by atomic mass is 10.2. The third-order valence-corrected chi connectivity index (χ3v) is 2.48. The molecule has 0 aliphatic carbocycles. The molecule has 0 spiro atoms. The molecule has 3 heteroatoms. The largest absolute Gasteiger partial charge is 0.381 e. The van der Waals surface area contributed by atoms with Crippen molar-refractivity contribution in [2.45, 2.75) is 20.4 Å². The number of hydrogen-bond acceptors (Lipinski definition) is 3. The molecule has 0 saturated carbocycles. The molecule has 2 heterocycles. The Kier molecular flexibility index (Phi) is 3.15. The average molecular weight is 213 g/mol. The second kappa shape index (κ2) is 4.75. The smallest absolute Gasteiger partial charge is 0.0416 e. The maximum Gasteiger partial charge on any atom is 0.0416 e. The van der Waals surface area contributed by atoms with Gasteiger partial charge in [-0.25, -0.2) is 0 Å². The SMILES string of the molecule is Cc1ccc(CNc2ccncc2C)cn1. The normalized spacial score (nSPS) is 10.1. The van der Waals surface area contributed by atoms with Gasteiger partial charge in [0.2, 0.25) is 0 Å². The van der Waals surface area contributed by atoms with Crippen molar-refractivity contribution in [1.82, 2.24) is 9.97 Å². The molecule has 0 radical (unpaired) electrons. The average Bonchev–Trinajstić information content (AvgIpc) is 2.30. The van der Waals surface area contributed by atoms with Crippen LogP contribution in [0.3, 0.4) is 0 Å². The van der Waals surface area contributed by atoms with Crippen molar-refractivity contribution in [3.8, 4) is 0 Å². The Bertz CT molecular complexity index is 463. The van der Waals surface area contributed by atoms with E-state index in [9.17, 15) is 0 Å². The first-order chi connectivity index (χ1) is 7.75. The van der Waals surface area contributed by atoms with Crippen molar-refractivity contribution in [2.75, 3.05) is 5.32 Å². The molecule has 1 N–H and O–H groups in total. The molecule has 0 amide bonds. The van der Waals surface area contributed by atoms with Crippen molar-refractivity contribution in [3.05, 3.63) is 53.6 Å². The summed E-state index contributed by atoms with van der Waals surface area (Å²) in [7, 11) is 0. The molecule has 0 bridgehead atoms. The van der Waals surface area contributed by atoms with Crippen LogP contribution < -0.4 is 5.32 Å². The highest BCUT2D eigenvalue weighted by Crippen LogP contribution is 2.12. The van der Waals surface area contributed by atoms with Gasteiger partial charge in [0.25, 0.3) is 0 Å². The van der Waals surface area contributed by atoms with E-state index in [4.69, 9.17) is 0 Å². The summed E-state index contributed by atoms with van der Waals surface area (Å²) < 4.78 is 0. The summed E-state index contributed by atoms with van der Waals surface area (Å²) in [5, 5.41) is 3.37. The van der Waals surface area contributed by atoms with Gasteiger partial charge in [0.05, 0.1) is 0 Å². The van der Waals surface area contributed by atoms with Crippen LogP contribution in [0.1, 0.15) is 16.8 Å². The fourth-order valence-electron chi connectivity index (χ4n) is 1.47. The fraction of sp³-hybridized carbons (Fsp3) is 0.231. The predicted molar refractivity (Wildman–Crippen MR) is 65.3 cm³/mol. The third-order valence-electron chi connectivity index (χ3n) is 2.48. The maximum atomic E-state index is 4.26. The summed E-state index contributed by atoms with van der Waals surface area (Å²) in [5.74, 6) is 0. The maximum absolute atomic E-state index is 4.26. The minimum absolute atomic E-state index is 0.790. The molecule has 0 atom stereocenters. The van der Waals surface area contributed by atoms with Gasteiger partial charge in [-0.2, -0.15) is 0 Å². The van der Waals surface area contributed by atoms with Gasteiger partial charge in [0.15, 0.2) is 0 Å². The van der Waals surface area contributed by atoms with Crippen molar-refractivity contribution in [3.63, 3.8) is 0 Å². The lowest BCUT2D eigenvalue weighted by Crippen LogP contribution is -2.01. The molecule has 3 nitrogen and oxygen atoms in total. The number of pyridine rings is 2. The quantitative estimate of drug-likeness (QED) is 0.851. The molecule has 0 aliphatic rings. The van der Waals surface area contributed by atoms with Gasteiger partial charge >= 0.3 is 0 Å². The predicted octanol–water partition coefficient (Wildman–Crippen LogP) is 2.71. The Labute approximate surface area is 95.6 Å². The Morgan fingerprint density at radius 1 is 1.12 bits per heavy atom. The van der Waals surface area contributed by atoms with Crippen molar-refractivity contribution in [1.29, 1.82) is 0 Å². The van der Waals surface area contributed by atoms with Crippen LogP contribution in [0.15, 0.2) is 36.8 Å². The van der Waals surface area contributed by atoms with Gasteiger partial charge in [-0.3, -0.25) is 9.97 Å². The lowest BCUT2D eigenvalue weighted by molar-refractivity contribution is 1.08. The molecule has 0 aliphatic heterocycles. The number of aromatic nitrogens is 2. The van der Waals surface area contributed by atoms with Crippen LogP contribution in [-0.4, -0.2) is 9.97 Å². The number of nitrogens with one attached hydrogen (secondary N) is 1. The molecular weight excluding hydrogens is 198 g/mol. The second-order valence-electron chi connectivity index (χ2n) is 3.85. The van der Waals surface area contributed by atoms with Gasteiger partial charge in [0, 0.05) is 36.5 Å². The van der Waals surface area contributed by atoms with E-state index in [0.717, 1.165) is 23.5 Å². The van der Waals surface area contributed by atoms with Crippen molar-refractivity contribution >= 4 is 5.69 Å². The highest BCUT2D eigenvalue weighted by molar-refractivity contribution is 5.48. The molecule has 2 aromatic rings. The van der Waals surface area contributed by atoms with E-state index >= 15 is 0 Å². The Hall–Kier alpha value is -1.90. The molecule has 0 saturated heterocycles. The first kappa shape index (κ1) is 10.6. The van der Waals surface area contributed by atoms with Gasteiger partial charge in [0.1, 0.15) is 0 Å². The van der Waals surface area contributed by atoms with Gasteiger partial charge in [-0.15, -0.1) is 0 Å². The van der Waals surface area contributed by atoms with Crippen LogP contribution in [0.5, 0.6) is 0 Å². The molecule has 2 aromatic heterocycles. The van der Waals surface area contributed by atoms with Crippen LogP contribution in [0.2, 0.25) is 0 Å². The monoisotopic (exact) mass is 213 g/mol. The lowest BCUT2D eigenvalue weighted by Gasteiger charge is -2.08. The molecular formula is C13H15N3. The standard InChI is InChI=1S/C13H15N3/c1-10-7-14-6-5-13(10)16-9-12-4-3-11(2)15-8-12/h3-8H,9H2,1-2H3,(H,14,16). The van der Waals surface area contributed by atoms with E-state index < -0.39 is 0 Å².